The Labute approximate surface area is 192 Å². The summed E-state index contributed by atoms with van der Waals surface area (Å²) < 4.78 is 33.6. The highest BCUT2D eigenvalue weighted by atomic mass is 35.5. The topological polar surface area (TPSA) is 85.3 Å². The minimum atomic E-state index is -3.92. The van der Waals surface area contributed by atoms with Gasteiger partial charge in [0.05, 0.1) is 18.6 Å². The molecule has 2 aromatic carbocycles. The quantitative estimate of drug-likeness (QED) is 0.364. The van der Waals surface area contributed by atoms with Crippen LogP contribution in [0.1, 0.15) is 19.4 Å². The van der Waals surface area contributed by atoms with Crippen LogP contribution in [0.2, 0.25) is 5.15 Å². The van der Waals surface area contributed by atoms with Gasteiger partial charge in [-0.3, -0.25) is 0 Å². The van der Waals surface area contributed by atoms with Crippen LogP contribution in [-0.2, 0) is 16.6 Å². The van der Waals surface area contributed by atoms with Gasteiger partial charge in [-0.1, -0.05) is 37.6 Å². The second-order valence-electron chi connectivity index (χ2n) is 6.41. The van der Waals surface area contributed by atoms with Gasteiger partial charge < -0.3 is 4.74 Å². The molecule has 0 spiro atoms. The third-order valence-electron chi connectivity index (χ3n) is 4.58. The van der Waals surface area contributed by atoms with Crippen LogP contribution in [-0.4, -0.2) is 30.5 Å². The van der Waals surface area contributed by atoms with E-state index in [1.54, 1.807) is 49.7 Å². The largest absolute Gasteiger partial charge is 0.497 e. The predicted octanol–water partition coefficient (Wildman–Crippen LogP) is 5.11. The Morgan fingerprint density at radius 1 is 0.969 bits per heavy atom. The van der Waals surface area contributed by atoms with Crippen molar-refractivity contribution in [2.75, 3.05) is 11.4 Å². The maximum Gasteiger partial charge on any atom is 0.265 e. The fraction of sp³-hybridized carbons (Fsp3) is 0.174. The van der Waals surface area contributed by atoms with Crippen molar-refractivity contribution in [2.45, 2.75) is 25.3 Å². The number of methoxy groups -OCH3 is 1. The van der Waals surface area contributed by atoms with Crippen LogP contribution in [0.15, 0.2) is 78.2 Å². The molecule has 2 aromatic heterocycles. The Balaban J connectivity index is 0.00000141. The minimum absolute atomic E-state index is 0.0957. The molecule has 0 N–H and O–H groups in total. The molecule has 2 heterocycles. The summed E-state index contributed by atoms with van der Waals surface area (Å²) in [5.41, 5.74) is 0.783. The second-order valence-corrected chi connectivity index (χ2v) is 8.63. The Kier molecular flexibility index (Phi) is 7.61. The van der Waals surface area contributed by atoms with Crippen molar-refractivity contribution >= 4 is 38.2 Å². The zero-order valence-electron chi connectivity index (χ0n) is 17.9. The molecule has 0 amide bonds. The van der Waals surface area contributed by atoms with E-state index in [1.165, 1.54) is 22.9 Å². The first-order chi connectivity index (χ1) is 15.5. The number of anilines is 1. The van der Waals surface area contributed by atoms with E-state index in [4.69, 9.17) is 16.3 Å². The number of rotatable bonds is 6. The van der Waals surface area contributed by atoms with Gasteiger partial charge in [0.2, 0.25) is 0 Å². The summed E-state index contributed by atoms with van der Waals surface area (Å²) >= 11 is 6.12. The Morgan fingerprint density at radius 3 is 2.38 bits per heavy atom. The number of sulfonamides is 1. The molecule has 4 rings (SSSR count). The first kappa shape index (κ1) is 23.4. The molecule has 166 valence electrons. The molecule has 0 unspecified atom stereocenters. The van der Waals surface area contributed by atoms with Crippen LogP contribution in [0.25, 0.3) is 10.8 Å². The van der Waals surface area contributed by atoms with E-state index >= 15 is 0 Å². The Bertz CT molecular complexity index is 1280. The van der Waals surface area contributed by atoms with Crippen molar-refractivity contribution in [3.05, 3.63) is 84.0 Å². The molecular weight excluding hydrogens is 448 g/mol. The van der Waals surface area contributed by atoms with Crippen molar-refractivity contribution < 1.29 is 13.2 Å². The van der Waals surface area contributed by atoms with Gasteiger partial charge in [-0.2, -0.15) is 0 Å². The van der Waals surface area contributed by atoms with E-state index < -0.39 is 10.0 Å². The summed E-state index contributed by atoms with van der Waals surface area (Å²) in [6.07, 6.45) is 4.36. The van der Waals surface area contributed by atoms with E-state index in [0.29, 0.717) is 21.7 Å². The van der Waals surface area contributed by atoms with Crippen LogP contribution in [0.3, 0.4) is 0 Å². The number of halogens is 1. The number of benzene rings is 2. The molecule has 0 aliphatic heterocycles. The lowest BCUT2D eigenvalue weighted by Gasteiger charge is -2.23. The van der Waals surface area contributed by atoms with E-state index in [1.807, 2.05) is 26.0 Å². The summed E-state index contributed by atoms with van der Waals surface area (Å²) in [4.78, 5) is 12.2. The van der Waals surface area contributed by atoms with Crippen molar-refractivity contribution in [1.29, 1.82) is 0 Å². The molecule has 0 aliphatic rings. The lowest BCUT2D eigenvalue weighted by molar-refractivity contribution is 0.414. The van der Waals surface area contributed by atoms with Crippen molar-refractivity contribution in [2.24, 2.45) is 0 Å². The smallest absolute Gasteiger partial charge is 0.265 e. The summed E-state index contributed by atoms with van der Waals surface area (Å²) in [5.74, 6) is 0.962. The third kappa shape index (κ3) is 4.98. The number of pyridine rings is 1. The molecule has 0 saturated heterocycles. The number of ether oxygens (including phenoxy) is 1. The molecule has 4 aromatic rings. The highest BCUT2D eigenvalue weighted by molar-refractivity contribution is 7.92. The first-order valence-corrected chi connectivity index (χ1v) is 11.8. The van der Waals surface area contributed by atoms with Gasteiger partial charge in [-0.05, 0) is 47.3 Å². The van der Waals surface area contributed by atoms with E-state index in [0.717, 1.165) is 5.56 Å². The molecule has 0 fully saturated rings. The van der Waals surface area contributed by atoms with Gasteiger partial charge in [0.1, 0.15) is 23.0 Å². The van der Waals surface area contributed by atoms with Gasteiger partial charge in [-0.15, -0.1) is 0 Å². The van der Waals surface area contributed by atoms with Crippen molar-refractivity contribution in [3.63, 3.8) is 0 Å². The number of hydrogen-bond donors (Lipinski definition) is 0. The summed E-state index contributed by atoms with van der Waals surface area (Å²) in [6.45, 7) is 4.10. The normalized spacial score (nSPS) is 10.9. The molecule has 0 bridgehead atoms. The van der Waals surface area contributed by atoms with Crippen molar-refractivity contribution in [3.8, 4) is 5.75 Å². The van der Waals surface area contributed by atoms with E-state index in [-0.39, 0.29) is 17.3 Å². The summed E-state index contributed by atoms with van der Waals surface area (Å²) in [5, 5.41) is 1.69. The average molecular weight is 471 g/mol. The van der Waals surface area contributed by atoms with Crippen LogP contribution in [0.4, 0.5) is 5.82 Å². The minimum Gasteiger partial charge on any atom is -0.497 e. The molecule has 0 atom stereocenters. The van der Waals surface area contributed by atoms with E-state index in [2.05, 4.69) is 15.0 Å². The lowest BCUT2D eigenvalue weighted by Crippen LogP contribution is -2.31. The molecule has 7 nitrogen and oxygen atoms in total. The number of nitrogens with zero attached hydrogens (tertiary/aromatic N) is 4. The highest BCUT2D eigenvalue weighted by Gasteiger charge is 2.26. The fourth-order valence-electron chi connectivity index (χ4n) is 3.02. The molecule has 32 heavy (non-hydrogen) atoms. The lowest BCUT2D eigenvalue weighted by atomic mass is 10.2. The van der Waals surface area contributed by atoms with Gasteiger partial charge in [0.15, 0.2) is 0 Å². The number of fused-ring (bicyclic) bond motifs is 1. The molecule has 0 saturated carbocycles. The average Bonchev–Trinajstić information content (AvgIpc) is 2.84. The zero-order chi connectivity index (χ0) is 23.1. The third-order valence-corrected chi connectivity index (χ3v) is 6.63. The molecule has 0 radical (unpaired) electrons. The molecule has 0 aliphatic carbocycles. The SMILES string of the molecule is CC.COc1ccc(CN(c2ccncn2)S(=O)(=O)c2ccc3c(Cl)nccc3c2)cc1. The summed E-state index contributed by atoms with van der Waals surface area (Å²) in [6, 6.07) is 15.2. The highest BCUT2D eigenvalue weighted by Crippen LogP contribution is 2.28. The van der Waals surface area contributed by atoms with Crippen LogP contribution in [0.5, 0.6) is 5.75 Å². The first-order valence-electron chi connectivity index (χ1n) is 9.95. The number of hydrogen-bond acceptors (Lipinski definition) is 6. The predicted molar refractivity (Wildman–Crippen MR) is 126 cm³/mol. The zero-order valence-corrected chi connectivity index (χ0v) is 19.5. The Hall–Kier alpha value is -3.23. The molecular formula is C23H23ClN4O3S. The van der Waals surface area contributed by atoms with Gasteiger partial charge >= 0.3 is 0 Å². The van der Waals surface area contributed by atoms with Crippen LogP contribution < -0.4 is 9.04 Å². The maximum absolute atomic E-state index is 13.6. The maximum atomic E-state index is 13.6. The van der Waals surface area contributed by atoms with E-state index in [9.17, 15) is 8.42 Å². The Morgan fingerprint density at radius 2 is 1.72 bits per heavy atom. The van der Waals surface area contributed by atoms with Crippen LogP contribution >= 0.6 is 11.6 Å². The molecule has 9 heteroatoms. The standard InChI is InChI=1S/C21H17ClN4O3S.C2H6/c1-29-17-4-2-15(3-5-17)13-26(20-9-10-23-14-25-20)30(27,28)18-6-7-19-16(12-18)8-11-24-21(19)22;1-2/h2-12,14H,13H2,1H3;1-2H3. The van der Waals surface area contributed by atoms with Crippen molar-refractivity contribution in [1.82, 2.24) is 15.0 Å². The van der Waals surface area contributed by atoms with Gasteiger partial charge in [-0.25, -0.2) is 27.7 Å². The summed E-state index contributed by atoms with van der Waals surface area (Å²) in [7, 11) is -2.35. The monoisotopic (exact) mass is 470 g/mol. The van der Waals surface area contributed by atoms with Crippen LogP contribution in [0, 0.1) is 0 Å². The second kappa shape index (κ2) is 10.4. The fourth-order valence-corrected chi connectivity index (χ4v) is 4.70. The van der Waals surface area contributed by atoms with Gasteiger partial charge in [0, 0.05) is 23.8 Å². The van der Waals surface area contributed by atoms with Gasteiger partial charge in [0.25, 0.3) is 10.0 Å². The number of aromatic nitrogens is 3.